The average molecular weight is 464 g/mol. The normalized spacial score (nSPS) is 17.9. The Labute approximate surface area is 201 Å². The molecule has 33 heavy (non-hydrogen) atoms. The first-order chi connectivity index (χ1) is 16.3. The fourth-order valence-electron chi connectivity index (χ4n) is 4.22. The third-order valence-corrected chi connectivity index (χ3v) is 8.21. The van der Waals surface area contributed by atoms with Gasteiger partial charge in [-0.25, -0.2) is 9.99 Å². The van der Waals surface area contributed by atoms with Gasteiger partial charge in [-0.15, -0.1) is 11.3 Å². The number of fused-ring (bicyclic) bond motifs is 1. The number of hydrazone groups is 1. The molecule has 0 saturated carbocycles. The number of thioether (sulfide) groups is 1. The molecule has 5 aromatic rings. The van der Waals surface area contributed by atoms with E-state index in [2.05, 4.69) is 108 Å². The monoisotopic (exact) mass is 463 g/mol. The Bertz CT molecular complexity index is 1380. The summed E-state index contributed by atoms with van der Waals surface area (Å²) in [5, 5.41) is 9.52. The van der Waals surface area contributed by atoms with Crippen LogP contribution in [-0.4, -0.2) is 10.0 Å². The summed E-state index contributed by atoms with van der Waals surface area (Å²) in [6.07, 6.45) is 0.746. The second kappa shape index (κ2) is 8.50. The first-order valence-corrected chi connectivity index (χ1v) is 12.5. The van der Waals surface area contributed by atoms with Crippen LogP contribution in [0.2, 0.25) is 0 Å². The zero-order valence-corrected chi connectivity index (χ0v) is 19.5. The van der Waals surface area contributed by atoms with Crippen LogP contribution in [0.25, 0.3) is 10.2 Å². The lowest BCUT2D eigenvalue weighted by Crippen LogP contribution is -2.39. The molecule has 1 aromatic heterocycles. The minimum absolute atomic E-state index is 0.443. The Morgan fingerprint density at radius 1 is 0.697 bits per heavy atom. The maximum Gasteiger partial charge on any atom is 0.146 e. The van der Waals surface area contributed by atoms with Crippen LogP contribution in [0.1, 0.15) is 16.1 Å². The van der Waals surface area contributed by atoms with Crippen molar-refractivity contribution in [2.24, 2.45) is 5.10 Å². The van der Waals surface area contributed by atoms with Crippen molar-refractivity contribution in [2.75, 3.05) is 5.01 Å². The summed E-state index contributed by atoms with van der Waals surface area (Å²) in [5.41, 5.74) is 4.47. The maximum absolute atomic E-state index is 5.20. The van der Waals surface area contributed by atoms with Crippen LogP contribution in [0.4, 0.5) is 5.69 Å². The Balaban J connectivity index is 1.53. The van der Waals surface area contributed by atoms with Crippen LogP contribution < -0.4 is 5.01 Å². The van der Waals surface area contributed by atoms with Gasteiger partial charge in [0.15, 0.2) is 0 Å². The highest BCUT2D eigenvalue weighted by Crippen LogP contribution is 2.51. The standard InChI is InChI=1S/C28H21N3S2/c1-4-12-21(13-5-1)27-30-31(23-16-8-3-9-17-23)28(33-27,22-14-6-2-7-15-22)20-26-29-24-18-10-11-19-25(24)32-26/h1-19H,20H2. The van der Waals surface area contributed by atoms with Gasteiger partial charge in [0, 0.05) is 12.0 Å². The van der Waals surface area contributed by atoms with E-state index in [1.807, 2.05) is 23.9 Å². The highest BCUT2D eigenvalue weighted by atomic mass is 32.2. The lowest BCUT2D eigenvalue weighted by atomic mass is 10.0. The summed E-state index contributed by atoms with van der Waals surface area (Å²) >= 11 is 3.58. The number of nitrogens with zero attached hydrogens (tertiary/aromatic N) is 3. The number of benzene rings is 4. The van der Waals surface area contributed by atoms with E-state index in [-0.39, 0.29) is 0 Å². The van der Waals surface area contributed by atoms with Gasteiger partial charge in [-0.05, 0) is 29.8 Å². The summed E-state index contributed by atoms with van der Waals surface area (Å²) in [7, 11) is 0. The van der Waals surface area contributed by atoms with Crippen molar-refractivity contribution in [1.82, 2.24) is 4.98 Å². The molecule has 160 valence electrons. The van der Waals surface area contributed by atoms with E-state index in [0.29, 0.717) is 0 Å². The molecule has 4 aromatic carbocycles. The van der Waals surface area contributed by atoms with Crippen LogP contribution in [0.15, 0.2) is 120 Å². The van der Waals surface area contributed by atoms with Gasteiger partial charge in [0.2, 0.25) is 0 Å². The summed E-state index contributed by atoms with van der Waals surface area (Å²) in [6, 6.07) is 40.0. The van der Waals surface area contributed by atoms with Crippen molar-refractivity contribution in [3.8, 4) is 0 Å². The van der Waals surface area contributed by atoms with Crippen molar-refractivity contribution < 1.29 is 0 Å². The van der Waals surface area contributed by atoms with Gasteiger partial charge in [0.25, 0.3) is 0 Å². The SMILES string of the molecule is c1ccc(C2=NN(c3ccccc3)C(Cc3nc4ccccc4s3)(c3ccccc3)S2)cc1. The van der Waals surface area contributed by atoms with Gasteiger partial charge >= 0.3 is 0 Å². The molecular formula is C28H21N3S2. The number of anilines is 1. The van der Waals surface area contributed by atoms with Crippen LogP contribution in [0.3, 0.4) is 0 Å². The molecule has 0 N–H and O–H groups in total. The molecular weight excluding hydrogens is 442 g/mol. The van der Waals surface area contributed by atoms with Crippen LogP contribution >= 0.6 is 23.1 Å². The van der Waals surface area contributed by atoms with Crippen LogP contribution in [0.5, 0.6) is 0 Å². The lowest BCUT2D eigenvalue weighted by molar-refractivity contribution is 0.589. The molecule has 1 unspecified atom stereocenters. The Hall–Kier alpha value is -3.41. The van der Waals surface area contributed by atoms with E-state index in [9.17, 15) is 0 Å². The molecule has 5 heteroatoms. The van der Waals surface area contributed by atoms with E-state index < -0.39 is 4.87 Å². The largest absolute Gasteiger partial charge is 0.243 e. The molecule has 0 aliphatic carbocycles. The molecule has 6 rings (SSSR count). The van der Waals surface area contributed by atoms with E-state index in [1.165, 1.54) is 10.3 Å². The molecule has 1 aliphatic heterocycles. The van der Waals surface area contributed by atoms with Crippen molar-refractivity contribution in [1.29, 1.82) is 0 Å². The fourth-order valence-corrected chi connectivity index (χ4v) is 6.75. The molecule has 0 amide bonds. The predicted octanol–water partition coefficient (Wildman–Crippen LogP) is 7.31. The molecule has 0 fully saturated rings. The number of thiazole rings is 1. The maximum atomic E-state index is 5.20. The highest BCUT2D eigenvalue weighted by Gasteiger charge is 2.47. The highest BCUT2D eigenvalue weighted by molar-refractivity contribution is 8.15. The second-order valence-corrected chi connectivity index (χ2v) is 10.3. The number of para-hydroxylation sites is 2. The smallest absolute Gasteiger partial charge is 0.146 e. The molecule has 2 heterocycles. The zero-order chi connectivity index (χ0) is 22.1. The van der Waals surface area contributed by atoms with Gasteiger partial charge < -0.3 is 0 Å². The molecule has 1 atom stereocenters. The van der Waals surface area contributed by atoms with Crippen molar-refractivity contribution in [3.05, 3.63) is 131 Å². The molecule has 0 radical (unpaired) electrons. The average Bonchev–Trinajstić information content (AvgIpc) is 3.48. The number of rotatable bonds is 5. The van der Waals surface area contributed by atoms with Gasteiger partial charge in [-0.2, -0.15) is 5.10 Å². The van der Waals surface area contributed by atoms with E-state index in [1.54, 1.807) is 11.3 Å². The van der Waals surface area contributed by atoms with Gasteiger partial charge in [0.05, 0.1) is 20.9 Å². The summed E-state index contributed by atoms with van der Waals surface area (Å²) < 4.78 is 1.22. The summed E-state index contributed by atoms with van der Waals surface area (Å²) in [5.74, 6) is 0. The topological polar surface area (TPSA) is 28.5 Å². The first-order valence-electron chi connectivity index (χ1n) is 10.9. The minimum atomic E-state index is -0.443. The van der Waals surface area contributed by atoms with Gasteiger partial charge in [-0.3, -0.25) is 0 Å². The molecule has 1 aliphatic rings. The molecule has 0 bridgehead atoms. The summed E-state index contributed by atoms with van der Waals surface area (Å²) in [4.78, 5) is 4.56. The molecule has 0 spiro atoms. The third-order valence-electron chi connectivity index (χ3n) is 5.77. The third kappa shape index (κ3) is 3.73. The van der Waals surface area contributed by atoms with Crippen LogP contribution in [0, 0.1) is 0 Å². The summed E-state index contributed by atoms with van der Waals surface area (Å²) in [6.45, 7) is 0. The minimum Gasteiger partial charge on any atom is -0.243 e. The number of aromatic nitrogens is 1. The Morgan fingerprint density at radius 2 is 1.33 bits per heavy atom. The predicted molar refractivity (Wildman–Crippen MR) is 141 cm³/mol. The molecule has 3 nitrogen and oxygen atoms in total. The van der Waals surface area contributed by atoms with Crippen molar-refractivity contribution in [2.45, 2.75) is 11.3 Å². The number of hydrogen-bond acceptors (Lipinski definition) is 5. The second-order valence-electron chi connectivity index (χ2n) is 7.92. The van der Waals surface area contributed by atoms with Crippen molar-refractivity contribution >= 4 is 44.0 Å². The van der Waals surface area contributed by atoms with Gasteiger partial charge in [0.1, 0.15) is 9.91 Å². The number of hydrogen-bond donors (Lipinski definition) is 0. The zero-order valence-electron chi connectivity index (χ0n) is 17.8. The quantitative estimate of drug-likeness (QED) is 0.274. The lowest BCUT2D eigenvalue weighted by Gasteiger charge is -2.36. The van der Waals surface area contributed by atoms with E-state index >= 15 is 0 Å². The van der Waals surface area contributed by atoms with Crippen LogP contribution in [-0.2, 0) is 11.3 Å². The first kappa shape index (κ1) is 20.2. The Morgan fingerprint density at radius 3 is 2.06 bits per heavy atom. The van der Waals surface area contributed by atoms with E-state index in [4.69, 9.17) is 10.1 Å². The van der Waals surface area contributed by atoms with Crippen molar-refractivity contribution in [3.63, 3.8) is 0 Å². The Kier molecular flexibility index (Phi) is 5.21. The molecule has 0 saturated heterocycles. The fraction of sp³-hybridized carbons (Fsp3) is 0.0714. The van der Waals surface area contributed by atoms with Gasteiger partial charge in [-0.1, -0.05) is 103 Å². The van der Waals surface area contributed by atoms with E-state index in [0.717, 1.165) is 33.2 Å².